The van der Waals surface area contributed by atoms with Crippen molar-refractivity contribution in [3.8, 4) is 17.2 Å². The number of aromatic nitrogens is 1. The Morgan fingerprint density at radius 2 is 1.90 bits per heavy atom. The molecule has 0 saturated carbocycles. The first kappa shape index (κ1) is 19.4. The third kappa shape index (κ3) is 3.79. The Morgan fingerprint density at radius 3 is 2.71 bits per heavy atom. The summed E-state index contributed by atoms with van der Waals surface area (Å²) in [7, 11) is 1.57. The summed E-state index contributed by atoms with van der Waals surface area (Å²) in [6.45, 7) is 0.183. The van der Waals surface area contributed by atoms with Gasteiger partial charge in [0.2, 0.25) is 12.7 Å². The third-order valence-electron chi connectivity index (χ3n) is 5.25. The van der Waals surface area contributed by atoms with E-state index in [1.165, 1.54) is 11.3 Å². The molecule has 2 aromatic carbocycles. The van der Waals surface area contributed by atoms with Gasteiger partial charge in [-0.3, -0.25) is 14.9 Å². The Hall–Kier alpha value is -3.59. The Kier molecular flexibility index (Phi) is 4.95. The Morgan fingerprint density at radius 1 is 1.10 bits per heavy atom. The average molecular weight is 437 g/mol. The predicted octanol–water partition coefficient (Wildman–Crippen LogP) is 3.80. The number of aryl methyl sites for hydroxylation is 1. The first-order chi connectivity index (χ1) is 15.1. The Labute approximate surface area is 182 Å². The highest BCUT2D eigenvalue weighted by Gasteiger charge is 2.33. The van der Waals surface area contributed by atoms with Crippen LogP contribution in [0.4, 0.5) is 10.8 Å². The number of thiazole rings is 1. The molecule has 2 heterocycles. The molecule has 1 aliphatic heterocycles. The van der Waals surface area contributed by atoms with Crippen molar-refractivity contribution in [2.75, 3.05) is 24.5 Å². The van der Waals surface area contributed by atoms with Gasteiger partial charge in [0, 0.05) is 22.2 Å². The van der Waals surface area contributed by atoms with E-state index in [4.69, 9.17) is 14.2 Å². The van der Waals surface area contributed by atoms with Crippen molar-refractivity contribution in [3.63, 3.8) is 0 Å². The van der Waals surface area contributed by atoms with Crippen LogP contribution in [0.25, 0.3) is 0 Å². The van der Waals surface area contributed by atoms with Gasteiger partial charge in [-0.05, 0) is 49.2 Å². The molecule has 3 aromatic rings. The van der Waals surface area contributed by atoms with Crippen molar-refractivity contribution in [1.82, 2.24) is 4.98 Å². The molecule has 0 radical (unpaired) electrons. The molecule has 158 valence electrons. The van der Waals surface area contributed by atoms with Gasteiger partial charge in [0.15, 0.2) is 16.6 Å². The molecule has 9 heteroatoms. The molecule has 0 unspecified atom stereocenters. The van der Waals surface area contributed by atoms with Crippen LogP contribution in [0.5, 0.6) is 17.2 Å². The maximum atomic E-state index is 12.9. The number of nitrogens with one attached hydrogen (secondary N) is 2. The van der Waals surface area contributed by atoms with E-state index in [0.29, 0.717) is 40.1 Å². The second-order valence-corrected chi connectivity index (χ2v) is 8.24. The normalized spacial score (nSPS) is 16.0. The number of hydrogen-bond donors (Lipinski definition) is 2. The number of carbonyl (C=O) groups is 2. The van der Waals surface area contributed by atoms with Crippen molar-refractivity contribution in [2.45, 2.75) is 18.8 Å². The first-order valence-corrected chi connectivity index (χ1v) is 10.6. The molecule has 1 aliphatic carbocycles. The van der Waals surface area contributed by atoms with Crippen LogP contribution in [0.3, 0.4) is 0 Å². The van der Waals surface area contributed by atoms with E-state index in [2.05, 4.69) is 15.6 Å². The van der Waals surface area contributed by atoms with Gasteiger partial charge in [0.1, 0.15) is 5.75 Å². The fraction of sp³-hybridized carbons (Fsp3) is 0.227. The van der Waals surface area contributed by atoms with Crippen molar-refractivity contribution in [1.29, 1.82) is 0 Å². The number of methoxy groups -OCH3 is 1. The van der Waals surface area contributed by atoms with E-state index in [1.807, 2.05) is 0 Å². The van der Waals surface area contributed by atoms with E-state index in [1.54, 1.807) is 49.6 Å². The first-order valence-electron chi connectivity index (χ1n) is 9.76. The average Bonchev–Trinajstić information content (AvgIpc) is 3.49. The number of anilines is 2. The molecule has 0 saturated heterocycles. The summed E-state index contributed by atoms with van der Waals surface area (Å²) in [4.78, 5) is 30.9. The molecule has 2 amide bonds. The van der Waals surface area contributed by atoms with Crippen molar-refractivity contribution in [2.24, 2.45) is 0 Å². The van der Waals surface area contributed by atoms with Gasteiger partial charge in [-0.2, -0.15) is 0 Å². The minimum atomic E-state index is -0.358. The van der Waals surface area contributed by atoms with Crippen LogP contribution in [0, 0.1) is 0 Å². The van der Waals surface area contributed by atoms with E-state index >= 15 is 0 Å². The SMILES string of the molecule is COc1ccc(C(=O)Nc2nc3c(s2)CC[C@H]3C(=O)Nc2ccc3c(c2)OCO3)cc1. The standard InChI is InChI=1S/C22H19N3O5S/c1-28-14-5-2-12(3-6-14)20(26)25-22-24-19-15(7-9-18(19)31-22)21(27)23-13-4-8-16-17(10-13)30-11-29-16/h2-6,8,10,15H,7,9,11H2,1H3,(H,23,27)(H,24,25,26)/t15-/m1/s1. The molecule has 8 nitrogen and oxygen atoms in total. The summed E-state index contributed by atoms with van der Waals surface area (Å²) < 4.78 is 15.8. The van der Waals surface area contributed by atoms with Gasteiger partial charge in [-0.1, -0.05) is 0 Å². The molecule has 1 atom stereocenters. The van der Waals surface area contributed by atoms with Crippen LogP contribution < -0.4 is 24.8 Å². The zero-order valence-corrected chi connectivity index (χ0v) is 17.5. The van der Waals surface area contributed by atoms with Crippen molar-refractivity contribution < 1.29 is 23.8 Å². The van der Waals surface area contributed by atoms with Crippen molar-refractivity contribution >= 4 is 34.0 Å². The van der Waals surface area contributed by atoms with E-state index in [9.17, 15) is 9.59 Å². The van der Waals surface area contributed by atoms with E-state index < -0.39 is 0 Å². The van der Waals surface area contributed by atoms with Crippen molar-refractivity contribution in [3.05, 3.63) is 58.6 Å². The molecule has 2 N–H and O–H groups in total. The molecule has 0 spiro atoms. The fourth-order valence-electron chi connectivity index (χ4n) is 3.65. The maximum Gasteiger partial charge on any atom is 0.257 e. The number of rotatable bonds is 5. The lowest BCUT2D eigenvalue weighted by molar-refractivity contribution is -0.117. The lowest BCUT2D eigenvalue weighted by Crippen LogP contribution is -2.20. The zero-order valence-electron chi connectivity index (χ0n) is 16.6. The monoisotopic (exact) mass is 437 g/mol. The zero-order chi connectivity index (χ0) is 21.4. The van der Waals surface area contributed by atoms with E-state index in [-0.39, 0.29) is 24.5 Å². The summed E-state index contributed by atoms with van der Waals surface area (Å²) in [5, 5.41) is 6.25. The van der Waals surface area contributed by atoms with Gasteiger partial charge in [0.25, 0.3) is 5.91 Å². The van der Waals surface area contributed by atoms with Crippen LogP contribution in [-0.2, 0) is 11.2 Å². The summed E-state index contributed by atoms with van der Waals surface area (Å²) in [6, 6.07) is 12.1. The molecule has 0 fully saturated rings. The minimum Gasteiger partial charge on any atom is -0.497 e. The molecule has 5 rings (SSSR count). The second kappa shape index (κ2) is 7.92. The number of hydrogen-bond acceptors (Lipinski definition) is 7. The summed E-state index contributed by atoms with van der Waals surface area (Å²) in [5.41, 5.74) is 1.88. The lowest BCUT2D eigenvalue weighted by atomic mass is 10.1. The smallest absolute Gasteiger partial charge is 0.257 e. The molecule has 0 bridgehead atoms. The quantitative estimate of drug-likeness (QED) is 0.630. The molecule has 2 aliphatic rings. The second-order valence-electron chi connectivity index (χ2n) is 7.16. The van der Waals surface area contributed by atoms with Crippen LogP contribution in [0.15, 0.2) is 42.5 Å². The highest BCUT2D eigenvalue weighted by molar-refractivity contribution is 7.16. The number of amides is 2. The topological polar surface area (TPSA) is 98.8 Å². The largest absolute Gasteiger partial charge is 0.497 e. The fourth-order valence-corrected chi connectivity index (χ4v) is 4.68. The van der Waals surface area contributed by atoms with Crippen LogP contribution in [0.2, 0.25) is 0 Å². The highest BCUT2D eigenvalue weighted by Crippen LogP contribution is 2.40. The van der Waals surface area contributed by atoms with Crippen LogP contribution in [0.1, 0.15) is 33.3 Å². The van der Waals surface area contributed by atoms with Crippen LogP contribution >= 0.6 is 11.3 Å². The highest BCUT2D eigenvalue weighted by atomic mass is 32.1. The number of carbonyl (C=O) groups excluding carboxylic acids is 2. The van der Waals surface area contributed by atoms with Crippen LogP contribution in [-0.4, -0.2) is 30.7 Å². The number of benzene rings is 2. The molecular weight excluding hydrogens is 418 g/mol. The molecule has 1 aromatic heterocycles. The lowest BCUT2D eigenvalue weighted by Gasteiger charge is -2.11. The summed E-state index contributed by atoms with van der Waals surface area (Å²) >= 11 is 1.41. The van der Waals surface area contributed by atoms with Gasteiger partial charge >= 0.3 is 0 Å². The number of fused-ring (bicyclic) bond motifs is 2. The summed E-state index contributed by atoms with van der Waals surface area (Å²) in [6.07, 6.45) is 1.45. The van der Waals surface area contributed by atoms with E-state index in [0.717, 1.165) is 17.0 Å². The summed E-state index contributed by atoms with van der Waals surface area (Å²) in [5.74, 6) is 1.22. The predicted molar refractivity (Wildman–Crippen MR) is 115 cm³/mol. The third-order valence-corrected chi connectivity index (χ3v) is 6.29. The number of ether oxygens (including phenoxy) is 3. The maximum absolute atomic E-state index is 12.9. The Balaban J connectivity index is 1.27. The van der Waals surface area contributed by atoms with Gasteiger partial charge in [-0.15, -0.1) is 11.3 Å². The van der Waals surface area contributed by atoms with Gasteiger partial charge in [0.05, 0.1) is 18.7 Å². The number of nitrogens with zero attached hydrogens (tertiary/aromatic N) is 1. The minimum absolute atomic E-state index is 0.129. The van der Waals surface area contributed by atoms with Gasteiger partial charge in [-0.25, -0.2) is 4.98 Å². The molecule has 31 heavy (non-hydrogen) atoms. The Bertz CT molecular complexity index is 1160. The van der Waals surface area contributed by atoms with Gasteiger partial charge < -0.3 is 19.5 Å². The molecular formula is C22H19N3O5S.